The third kappa shape index (κ3) is 5.72. The van der Waals surface area contributed by atoms with Crippen LogP contribution in [0.5, 0.6) is 17.4 Å². The van der Waals surface area contributed by atoms with Crippen molar-refractivity contribution in [2.45, 2.75) is 25.9 Å². The average molecular weight is 548 g/mol. The number of ether oxygens (including phenoxy) is 2. The summed E-state index contributed by atoms with van der Waals surface area (Å²) < 4.78 is 52.5. The largest absolute Gasteiger partial charge is 0.483 e. The zero-order valence-corrected chi connectivity index (χ0v) is 21.2. The van der Waals surface area contributed by atoms with Crippen LogP contribution in [-0.4, -0.2) is 42.1 Å². The molecule has 1 saturated heterocycles. The second kappa shape index (κ2) is 10.6. The van der Waals surface area contributed by atoms with E-state index in [4.69, 9.17) is 21.1 Å². The number of nitrogens with zero attached hydrogens (tertiary/aromatic N) is 3. The Morgan fingerprint density at radius 2 is 1.97 bits per heavy atom. The number of benzene rings is 2. The fourth-order valence-electron chi connectivity index (χ4n) is 4.34. The van der Waals surface area contributed by atoms with Crippen molar-refractivity contribution in [2.24, 2.45) is 5.92 Å². The van der Waals surface area contributed by atoms with Crippen molar-refractivity contribution in [3.63, 3.8) is 0 Å². The van der Waals surface area contributed by atoms with Gasteiger partial charge >= 0.3 is 6.18 Å². The Morgan fingerprint density at radius 3 is 2.74 bits per heavy atom. The van der Waals surface area contributed by atoms with E-state index in [1.165, 1.54) is 24.5 Å². The molecule has 3 aromatic rings. The first-order valence-corrected chi connectivity index (χ1v) is 12.5. The molecular formula is C26H25ClF3N5O3. The molecule has 200 valence electrons. The van der Waals surface area contributed by atoms with Gasteiger partial charge in [-0.2, -0.15) is 18.2 Å². The molecule has 2 aromatic carbocycles. The smallest absolute Gasteiger partial charge is 0.416 e. The number of nitrogens with one attached hydrogen (secondary N) is 2. The first-order chi connectivity index (χ1) is 18.2. The lowest BCUT2D eigenvalue weighted by atomic mass is 9.98. The maximum Gasteiger partial charge on any atom is 0.416 e. The van der Waals surface area contributed by atoms with Crippen LogP contribution in [0.4, 0.5) is 30.4 Å². The van der Waals surface area contributed by atoms with Crippen LogP contribution in [0.2, 0.25) is 5.02 Å². The molecular weight excluding hydrogens is 523 g/mol. The van der Waals surface area contributed by atoms with Crippen LogP contribution in [0.25, 0.3) is 0 Å². The van der Waals surface area contributed by atoms with E-state index in [-0.39, 0.29) is 27.9 Å². The van der Waals surface area contributed by atoms with Crippen molar-refractivity contribution in [2.75, 3.05) is 41.8 Å². The summed E-state index contributed by atoms with van der Waals surface area (Å²) in [4.78, 5) is 23.2. The molecule has 0 atom stereocenters. The van der Waals surface area contributed by atoms with Crippen LogP contribution < -0.4 is 25.0 Å². The second-order valence-electron chi connectivity index (χ2n) is 9.27. The van der Waals surface area contributed by atoms with Crippen LogP contribution in [0.3, 0.4) is 0 Å². The molecule has 8 nitrogen and oxygen atoms in total. The third-order valence-corrected chi connectivity index (χ3v) is 6.78. The normalized spacial score (nSPS) is 15.8. The van der Waals surface area contributed by atoms with Crippen molar-refractivity contribution in [3.05, 3.63) is 58.9 Å². The molecule has 2 aliphatic rings. The van der Waals surface area contributed by atoms with E-state index in [0.29, 0.717) is 49.4 Å². The van der Waals surface area contributed by atoms with Crippen LogP contribution in [0.15, 0.2) is 42.7 Å². The SMILES string of the molecule is CC1CCN(c2cc(NC(=O)c3ccc(Cl)c(Oc4ncnc5c4OCCN5)c3)cc(C(F)(F)F)c2)CC1. The number of fused-ring (bicyclic) bond motifs is 1. The van der Waals surface area contributed by atoms with Gasteiger partial charge in [0.2, 0.25) is 5.75 Å². The summed E-state index contributed by atoms with van der Waals surface area (Å²) >= 11 is 6.30. The first kappa shape index (κ1) is 25.9. The number of alkyl halides is 3. The number of carbonyl (C=O) groups is 1. The van der Waals surface area contributed by atoms with E-state index in [0.717, 1.165) is 25.0 Å². The van der Waals surface area contributed by atoms with Gasteiger partial charge in [-0.05, 0) is 55.2 Å². The van der Waals surface area contributed by atoms with E-state index in [2.05, 4.69) is 27.5 Å². The topological polar surface area (TPSA) is 88.6 Å². The predicted octanol–water partition coefficient (Wildman–Crippen LogP) is 6.23. The van der Waals surface area contributed by atoms with Gasteiger partial charge in [0.05, 0.1) is 17.1 Å². The summed E-state index contributed by atoms with van der Waals surface area (Å²) in [7, 11) is 0. The number of anilines is 3. The minimum absolute atomic E-state index is 0.0419. The fourth-order valence-corrected chi connectivity index (χ4v) is 4.49. The number of carbonyl (C=O) groups excluding carboxylic acids is 1. The molecule has 0 radical (unpaired) electrons. The monoisotopic (exact) mass is 547 g/mol. The maximum absolute atomic E-state index is 13.7. The molecule has 1 fully saturated rings. The Kier molecular flexibility index (Phi) is 7.20. The number of rotatable bonds is 5. The Morgan fingerprint density at radius 1 is 1.18 bits per heavy atom. The van der Waals surface area contributed by atoms with Gasteiger partial charge in [-0.15, -0.1) is 0 Å². The number of hydrogen-bond acceptors (Lipinski definition) is 7. The quantitative estimate of drug-likeness (QED) is 0.391. The van der Waals surface area contributed by atoms with E-state index < -0.39 is 17.6 Å². The number of hydrogen-bond donors (Lipinski definition) is 2. The highest BCUT2D eigenvalue weighted by Gasteiger charge is 2.32. The average Bonchev–Trinajstić information content (AvgIpc) is 2.90. The highest BCUT2D eigenvalue weighted by Crippen LogP contribution is 2.39. The third-order valence-electron chi connectivity index (χ3n) is 6.46. The minimum Gasteiger partial charge on any atom is -0.483 e. The number of aromatic nitrogens is 2. The molecule has 1 amide bonds. The Balaban J connectivity index is 1.39. The Labute approximate surface area is 222 Å². The van der Waals surface area contributed by atoms with Crippen LogP contribution >= 0.6 is 11.6 Å². The number of amides is 1. The molecule has 2 aliphatic heterocycles. The van der Waals surface area contributed by atoms with Gasteiger partial charge in [0.1, 0.15) is 18.7 Å². The molecule has 38 heavy (non-hydrogen) atoms. The highest BCUT2D eigenvalue weighted by atomic mass is 35.5. The van der Waals surface area contributed by atoms with Crippen molar-refractivity contribution >= 4 is 34.7 Å². The lowest BCUT2D eigenvalue weighted by Gasteiger charge is -2.32. The molecule has 0 saturated carbocycles. The van der Waals surface area contributed by atoms with Gasteiger partial charge in [0, 0.05) is 30.0 Å². The summed E-state index contributed by atoms with van der Waals surface area (Å²) in [5.74, 6) is 0.921. The molecule has 2 N–H and O–H groups in total. The van der Waals surface area contributed by atoms with Crippen LogP contribution in [-0.2, 0) is 6.18 Å². The molecule has 0 bridgehead atoms. The predicted molar refractivity (Wildman–Crippen MR) is 138 cm³/mol. The fraction of sp³-hybridized carbons (Fsp3) is 0.346. The standard InChI is InChI=1S/C26H25ClF3N5O3/c1-15-4-7-35(8-5-15)19-12-17(26(28,29)30)11-18(13-19)34-24(36)16-2-3-20(27)21(10-16)38-25-22-23(32-14-33-25)31-6-9-37-22/h2-3,10-15H,4-9H2,1H3,(H,34,36)(H,31,32,33). The number of halogens is 4. The van der Waals surface area contributed by atoms with Gasteiger partial charge in [0.15, 0.2) is 5.82 Å². The van der Waals surface area contributed by atoms with Gasteiger partial charge in [-0.25, -0.2) is 4.98 Å². The molecule has 3 heterocycles. The van der Waals surface area contributed by atoms with Crippen molar-refractivity contribution in [1.29, 1.82) is 0 Å². The summed E-state index contributed by atoms with van der Waals surface area (Å²) in [5.41, 5.74) is -0.229. The van der Waals surface area contributed by atoms with Gasteiger partial charge in [-0.3, -0.25) is 4.79 Å². The molecule has 12 heteroatoms. The van der Waals surface area contributed by atoms with Crippen molar-refractivity contribution < 1.29 is 27.4 Å². The summed E-state index contributed by atoms with van der Waals surface area (Å²) in [5, 5.41) is 5.87. The van der Waals surface area contributed by atoms with Crippen molar-refractivity contribution in [1.82, 2.24) is 9.97 Å². The second-order valence-corrected chi connectivity index (χ2v) is 9.68. The summed E-state index contributed by atoms with van der Waals surface area (Å²) in [6, 6.07) is 7.93. The molecule has 0 spiro atoms. The zero-order valence-electron chi connectivity index (χ0n) is 20.4. The van der Waals surface area contributed by atoms with Gasteiger partial charge in [0.25, 0.3) is 11.8 Å². The zero-order chi connectivity index (χ0) is 26.9. The van der Waals surface area contributed by atoms with Gasteiger partial charge in [-0.1, -0.05) is 18.5 Å². The van der Waals surface area contributed by atoms with Crippen LogP contribution in [0.1, 0.15) is 35.7 Å². The summed E-state index contributed by atoms with van der Waals surface area (Å²) in [6.45, 7) is 4.40. The lowest BCUT2D eigenvalue weighted by Crippen LogP contribution is -2.33. The Bertz CT molecular complexity index is 1350. The van der Waals surface area contributed by atoms with E-state index in [9.17, 15) is 18.0 Å². The van der Waals surface area contributed by atoms with E-state index in [1.807, 2.05) is 4.90 Å². The Hall–Kier alpha value is -3.73. The first-order valence-electron chi connectivity index (χ1n) is 12.1. The molecule has 5 rings (SSSR count). The van der Waals surface area contributed by atoms with E-state index in [1.54, 1.807) is 6.07 Å². The molecule has 0 unspecified atom stereocenters. The minimum atomic E-state index is -4.56. The summed E-state index contributed by atoms with van der Waals surface area (Å²) in [6.07, 6.45) is -1.48. The van der Waals surface area contributed by atoms with E-state index >= 15 is 0 Å². The highest BCUT2D eigenvalue weighted by molar-refractivity contribution is 6.32. The maximum atomic E-state index is 13.7. The molecule has 1 aromatic heterocycles. The van der Waals surface area contributed by atoms with Crippen LogP contribution in [0, 0.1) is 5.92 Å². The van der Waals surface area contributed by atoms with Crippen molar-refractivity contribution in [3.8, 4) is 17.4 Å². The molecule has 0 aliphatic carbocycles. The van der Waals surface area contributed by atoms with Gasteiger partial charge < -0.3 is 25.0 Å². The number of piperidine rings is 1. The lowest BCUT2D eigenvalue weighted by molar-refractivity contribution is -0.137.